The quantitative estimate of drug-likeness (QED) is 0.540. The smallest absolute Gasteiger partial charge is 0.0945 e. The molecular weight excluding hydrogens is 377 g/mol. The van der Waals surface area contributed by atoms with E-state index in [0.717, 1.165) is 18.7 Å². The van der Waals surface area contributed by atoms with E-state index >= 15 is 0 Å². The molecule has 0 aromatic heterocycles. The number of hydrogen-bond acceptors (Lipinski definition) is 3. The number of aliphatic hydroxyl groups excluding tert-OH is 1. The van der Waals surface area contributed by atoms with Gasteiger partial charge in [-0.2, -0.15) is 0 Å². The Morgan fingerprint density at radius 2 is 1.90 bits per heavy atom. The Morgan fingerprint density at radius 1 is 1.19 bits per heavy atom. The van der Waals surface area contributed by atoms with Gasteiger partial charge in [-0.3, -0.25) is 0 Å². The maximum Gasteiger partial charge on any atom is 0.0945 e. The number of ether oxygens (including phenoxy) is 1. The first-order valence-corrected chi connectivity index (χ1v) is 8.98. The Labute approximate surface area is 142 Å². The molecule has 1 rings (SSSR count). The summed E-state index contributed by atoms with van der Waals surface area (Å²) in [6.07, 6.45) is 4.41. The fraction of sp³-hybridized carbons (Fsp3) is 0.647. The van der Waals surface area contributed by atoms with Crippen molar-refractivity contribution in [1.82, 2.24) is 0 Å². The van der Waals surface area contributed by atoms with Crippen LogP contribution < -0.4 is 5.32 Å². The van der Waals surface area contributed by atoms with Crippen LogP contribution in [0.25, 0.3) is 0 Å². The highest BCUT2D eigenvalue weighted by molar-refractivity contribution is 14.1. The zero-order valence-corrected chi connectivity index (χ0v) is 15.3. The topological polar surface area (TPSA) is 41.5 Å². The van der Waals surface area contributed by atoms with Crippen molar-refractivity contribution in [3.63, 3.8) is 0 Å². The van der Waals surface area contributed by atoms with E-state index in [1.54, 1.807) is 0 Å². The SMILES string of the molecule is CCCCC(CC)COCC(O)CNc1ccc(I)cc1. The number of hydrogen-bond donors (Lipinski definition) is 2. The Kier molecular flexibility index (Phi) is 10.0. The maximum absolute atomic E-state index is 9.94. The molecule has 120 valence electrons. The highest BCUT2D eigenvalue weighted by Crippen LogP contribution is 2.13. The average molecular weight is 405 g/mol. The van der Waals surface area contributed by atoms with Gasteiger partial charge in [-0.1, -0.05) is 33.1 Å². The lowest BCUT2D eigenvalue weighted by Gasteiger charge is -2.17. The number of nitrogens with one attached hydrogen (secondary N) is 1. The minimum absolute atomic E-state index is 0.403. The molecule has 0 saturated carbocycles. The molecular formula is C17H28INO2. The third-order valence-corrected chi connectivity index (χ3v) is 4.31. The Bertz CT molecular complexity index is 370. The molecule has 1 aromatic rings. The van der Waals surface area contributed by atoms with Crippen LogP contribution in [-0.2, 0) is 4.74 Å². The predicted molar refractivity (Wildman–Crippen MR) is 97.8 cm³/mol. The number of unbranched alkanes of at least 4 members (excludes halogenated alkanes) is 1. The Balaban J connectivity index is 2.15. The van der Waals surface area contributed by atoms with E-state index in [-0.39, 0.29) is 0 Å². The third-order valence-electron chi connectivity index (χ3n) is 3.59. The lowest BCUT2D eigenvalue weighted by atomic mass is 10.0. The van der Waals surface area contributed by atoms with Gasteiger partial charge < -0.3 is 15.2 Å². The van der Waals surface area contributed by atoms with Crippen molar-refractivity contribution in [1.29, 1.82) is 0 Å². The van der Waals surface area contributed by atoms with Gasteiger partial charge in [0.25, 0.3) is 0 Å². The third kappa shape index (κ3) is 8.63. The van der Waals surface area contributed by atoms with E-state index < -0.39 is 6.10 Å². The number of halogens is 1. The van der Waals surface area contributed by atoms with Crippen molar-refractivity contribution < 1.29 is 9.84 Å². The van der Waals surface area contributed by atoms with Crippen LogP contribution in [0.3, 0.4) is 0 Å². The summed E-state index contributed by atoms with van der Waals surface area (Å²) in [4.78, 5) is 0. The number of rotatable bonds is 11. The molecule has 0 spiro atoms. The van der Waals surface area contributed by atoms with Gasteiger partial charge in [-0.25, -0.2) is 0 Å². The van der Waals surface area contributed by atoms with E-state index in [9.17, 15) is 5.11 Å². The van der Waals surface area contributed by atoms with E-state index in [1.807, 2.05) is 24.3 Å². The van der Waals surface area contributed by atoms with Gasteiger partial charge in [0.1, 0.15) is 0 Å². The Hall–Kier alpha value is -0.330. The van der Waals surface area contributed by atoms with E-state index in [4.69, 9.17) is 4.74 Å². The molecule has 21 heavy (non-hydrogen) atoms. The summed E-state index contributed by atoms with van der Waals surface area (Å²) in [6.45, 7) is 6.11. The fourth-order valence-electron chi connectivity index (χ4n) is 2.13. The summed E-state index contributed by atoms with van der Waals surface area (Å²) in [6, 6.07) is 8.14. The fourth-order valence-corrected chi connectivity index (χ4v) is 2.49. The number of anilines is 1. The standard InChI is InChI=1S/C17H28INO2/c1-3-5-6-14(4-2)12-21-13-17(20)11-19-16-9-7-15(18)8-10-16/h7-10,14,17,19-20H,3-6,11-13H2,1-2H3. The molecule has 2 unspecified atom stereocenters. The highest BCUT2D eigenvalue weighted by atomic mass is 127. The van der Waals surface area contributed by atoms with Crippen LogP contribution >= 0.6 is 22.6 Å². The van der Waals surface area contributed by atoms with Crippen molar-refractivity contribution >= 4 is 28.3 Å². The monoisotopic (exact) mass is 405 g/mol. The van der Waals surface area contributed by atoms with Gasteiger partial charge in [-0.15, -0.1) is 0 Å². The van der Waals surface area contributed by atoms with Crippen LogP contribution in [0.5, 0.6) is 0 Å². The van der Waals surface area contributed by atoms with Crippen LogP contribution in [0.1, 0.15) is 39.5 Å². The van der Waals surface area contributed by atoms with Crippen molar-refractivity contribution in [2.24, 2.45) is 5.92 Å². The summed E-state index contributed by atoms with van der Waals surface area (Å²) >= 11 is 2.28. The van der Waals surface area contributed by atoms with E-state index in [1.165, 1.54) is 22.8 Å². The van der Waals surface area contributed by atoms with Crippen molar-refractivity contribution in [2.45, 2.75) is 45.6 Å². The minimum atomic E-state index is -0.465. The van der Waals surface area contributed by atoms with Crippen molar-refractivity contribution in [3.8, 4) is 0 Å². The summed E-state index contributed by atoms with van der Waals surface area (Å²) in [5.41, 5.74) is 1.03. The molecule has 3 nitrogen and oxygen atoms in total. The molecule has 0 saturated heterocycles. The molecule has 0 aliphatic rings. The Morgan fingerprint density at radius 3 is 2.52 bits per heavy atom. The van der Waals surface area contributed by atoms with Crippen LogP contribution in [0.15, 0.2) is 24.3 Å². The second-order valence-corrected chi connectivity index (χ2v) is 6.74. The average Bonchev–Trinajstić information content (AvgIpc) is 2.50. The van der Waals surface area contributed by atoms with Gasteiger partial charge in [-0.05, 0) is 59.2 Å². The molecule has 0 aliphatic carbocycles. The predicted octanol–water partition coefficient (Wildman–Crippen LogP) is 4.30. The molecule has 1 aromatic carbocycles. The van der Waals surface area contributed by atoms with Gasteiger partial charge in [0, 0.05) is 22.4 Å². The van der Waals surface area contributed by atoms with E-state index in [2.05, 4.69) is 41.8 Å². The molecule has 0 bridgehead atoms. The van der Waals surface area contributed by atoms with Crippen LogP contribution in [-0.4, -0.2) is 31.0 Å². The first kappa shape index (κ1) is 18.7. The summed E-state index contributed by atoms with van der Waals surface area (Å²) in [5.74, 6) is 0.626. The molecule has 0 aliphatic heterocycles. The number of aliphatic hydroxyl groups is 1. The summed E-state index contributed by atoms with van der Waals surface area (Å²) in [7, 11) is 0. The first-order valence-electron chi connectivity index (χ1n) is 7.90. The van der Waals surface area contributed by atoms with Crippen LogP contribution in [0.4, 0.5) is 5.69 Å². The molecule has 2 atom stereocenters. The van der Waals surface area contributed by atoms with Gasteiger partial charge >= 0.3 is 0 Å². The lowest BCUT2D eigenvalue weighted by Crippen LogP contribution is -2.26. The maximum atomic E-state index is 9.94. The van der Waals surface area contributed by atoms with Crippen LogP contribution in [0, 0.1) is 9.49 Å². The van der Waals surface area contributed by atoms with Crippen molar-refractivity contribution in [2.75, 3.05) is 25.1 Å². The molecule has 0 amide bonds. The second kappa shape index (κ2) is 11.3. The highest BCUT2D eigenvalue weighted by Gasteiger charge is 2.09. The summed E-state index contributed by atoms with van der Waals surface area (Å²) < 4.78 is 6.87. The second-order valence-electron chi connectivity index (χ2n) is 5.50. The summed E-state index contributed by atoms with van der Waals surface area (Å²) in [5, 5.41) is 13.2. The minimum Gasteiger partial charge on any atom is -0.389 e. The first-order chi connectivity index (χ1) is 10.2. The van der Waals surface area contributed by atoms with Crippen LogP contribution in [0.2, 0.25) is 0 Å². The van der Waals surface area contributed by atoms with Gasteiger partial charge in [0.2, 0.25) is 0 Å². The zero-order valence-electron chi connectivity index (χ0n) is 13.1. The largest absolute Gasteiger partial charge is 0.389 e. The van der Waals surface area contributed by atoms with E-state index in [0.29, 0.717) is 19.1 Å². The number of benzene rings is 1. The molecule has 0 heterocycles. The lowest BCUT2D eigenvalue weighted by molar-refractivity contribution is 0.0245. The molecule has 2 N–H and O–H groups in total. The van der Waals surface area contributed by atoms with Crippen molar-refractivity contribution in [3.05, 3.63) is 27.8 Å². The zero-order chi connectivity index (χ0) is 15.5. The molecule has 4 heteroatoms. The molecule has 0 fully saturated rings. The molecule has 0 radical (unpaired) electrons. The van der Waals surface area contributed by atoms with Gasteiger partial charge in [0.15, 0.2) is 0 Å². The van der Waals surface area contributed by atoms with Gasteiger partial charge in [0.05, 0.1) is 12.7 Å². The normalized spacial score (nSPS) is 13.9.